The molecule has 0 spiro atoms. The lowest BCUT2D eigenvalue weighted by atomic mass is 10.1. The van der Waals surface area contributed by atoms with Crippen molar-refractivity contribution in [3.8, 4) is 0 Å². The van der Waals surface area contributed by atoms with E-state index in [1.807, 2.05) is 11.8 Å². The van der Waals surface area contributed by atoms with Gasteiger partial charge in [-0.2, -0.15) is 0 Å². The quantitative estimate of drug-likeness (QED) is 0.444. The number of fused-ring (bicyclic) bond motifs is 1. The van der Waals surface area contributed by atoms with Crippen molar-refractivity contribution in [2.24, 2.45) is 0 Å². The van der Waals surface area contributed by atoms with Gasteiger partial charge >= 0.3 is 0 Å². The average molecular weight is 281 g/mol. The number of hydrogen-bond acceptors (Lipinski definition) is 1. The molecule has 0 amide bonds. The summed E-state index contributed by atoms with van der Waals surface area (Å²) in [6.45, 7) is 0. The van der Waals surface area contributed by atoms with Crippen molar-refractivity contribution in [2.45, 2.75) is 11.3 Å². The molecule has 0 aliphatic heterocycles. The van der Waals surface area contributed by atoms with Crippen molar-refractivity contribution in [1.82, 2.24) is 0 Å². The number of alkyl halides is 1. The summed E-state index contributed by atoms with van der Waals surface area (Å²) in [5.74, 6) is 1.18. The molecule has 78 valence electrons. The minimum Gasteiger partial charge on any atom is -0.126 e. The van der Waals surface area contributed by atoms with Crippen LogP contribution in [-0.4, -0.2) is 11.1 Å². The van der Waals surface area contributed by atoms with Crippen LogP contribution in [0.5, 0.6) is 0 Å². The molecule has 0 nitrogen and oxygen atoms in total. The fraction of sp³-hybridized carbons (Fsp3) is 0.231. The summed E-state index contributed by atoms with van der Waals surface area (Å²) in [5.41, 5.74) is 0. The van der Waals surface area contributed by atoms with Crippen LogP contribution >= 0.6 is 27.7 Å². The molecule has 2 aromatic rings. The van der Waals surface area contributed by atoms with Crippen LogP contribution in [0.1, 0.15) is 6.42 Å². The van der Waals surface area contributed by atoms with Crippen molar-refractivity contribution in [3.05, 3.63) is 42.5 Å². The lowest BCUT2D eigenvalue weighted by molar-refractivity contribution is 1.13. The Morgan fingerprint density at radius 1 is 1.00 bits per heavy atom. The highest BCUT2D eigenvalue weighted by Crippen LogP contribution is 2.24. The molecule has 15 heavy (non-hydrogen) atoms. The second-order valence-corrected chi connectivity index (χ2v) is 5.36. The largest absolute Gasteiger partial charge is 0.126 e. The molecule has 0 unspecified atom stereocenters. The second-order valence-electron chi connectivity index (χ2n) is 3.40. The normalized spacial score (nSPS) is 10.7. The van der Waals surface area contributed by atoms with Crippen LogP contribution in [0.25, 0.3) is 10.8 Å². The van der Waals surface area contributed by atoms with Gasteiger partial charge in [-0.1, -0.05) is 46.3 Å². The van der Waals surface area contributed by atoms with Crippen LogP contribution < -0.4 is 0 Å². The first kappa shape index (κ1) is 11.0. The molecular weight excluding hydrogens is 268 g/mol. The molecule has 0 heterocycles. The van der Waals surface area contributed by atoms with Crippen LogP contribution in [0.2, 0.25) is 0 Å². The Kier molecular flexibility index (Phi) is 4.09. The molecule has 0 bridgehead atoms. The van der Waals surface area contributed by atoms with Crippen molar-refractivity contribution < 1.29 is 0 Å². The van der Waals surface area contributed by atoms with E-state index in [1.54, 1.807) is 0 Å². The Bertz CT molecular complexity index is 439. The molecule has 0 aliphatic rings. The first-order valence-corrected chi connectivity index (χ1v) is 7.18. The third kappa shape index (κ3) is 2.99. The van der Waals surface area contributed by atoms with Crippen molar-refractivity contribution in [3.63, 3.8) is 0 Å². The van der Waals surface area contributed by atoms with Gasteiger partial charge in [0, 0.05) is 10.2 Å². The first-order valence-electron chi connectivity index (χ1n) is 5.08. The maximum atomic E-state index is 3.45. The van der Waals surface area contributed by atoms with Gasteiger partial charge in [-0.05, 0) is 35.1 Å². The van der Waals surface area contributed by atoms with Gasteiger partial charge in [0.2, 0.25) is 0 Å². The SMILES string of the molecule is BrCCCSc1ccc2ccccc2c1. The van der Waals surface area contributed by atoms with Crippen LogP contribution in [0, 0.1) is 0 Å². The molecule has 0 radical (unpaired) electrons. The summed E-state index contributed by atoms with van der Waals surface area (Å²) < 4.78 is 0. The fourth-order valence-electron chi connectivity index (χ4n) is 1.50. The molecular formula is C13H13BrS. The minimum atomic E-state index is 1.09. The van der Waals surface area contributed by atoms with Gasteiger partial charge in [0.1, 0.15) is 0 Å². The zero-order chi connectivity index (χ0) is 10.5. The lowest BCUT2D eigenvalue weighted by Crippen LogP contribution is -1.80. The van der Waals surface area contributed by atoms with E-state index in [-0.39, 0.29) is 0 Å². The van der Waals surface area contributed by atoms with Crippen LogP contribution in [0.4, 0.5) is 0 Å². The van der Waals surface area contributed by atoms with E-state index < -0.39 is 0 Å². The standard InChI is InChI=1S/C13H13BrS/c14-8-3-9-15-13-7-6-11-4-1-2-5-12(11)10-13/h1-2,4-7,10H,3,8-9H2. The number of rotatable bonds is 4. The van der Waals surface area contributed by atoms with E-state index in [9.17, 15) is 0 Å². The Hall–Kier alpha value is -0.470. The third-order valence-electron chi connectivity index (χ3n) is 2.27. The van der Waals surface area contributed by atoms with E-state index in [2.05, 4.69) is 58.4 Å². The van der Waals surface area contributed by atoms with Crippen molar-refractivity contribution in [1.29, 1.82) is 0 Å². The van der Waals surface area contributed by atoms with E-state index >= 15 is 0 Å². The smallest absolute Gasteiger partial charge is 0.00783 e. The van der Waals surface area contributed by atoms with E-state index in [0.29, 0.717) is 0 Å². The van der Waals surface area contributed by atoms with Gasteiger partial charge in [0.25, 0.3) is 0 Å². The Balaban J connectivity index is 2.16. The summed E-state index contributed by atoms with van der Waals surface area (Å²) in [4.78, 5) is 1.37. The number of halogens is 1. The van der Waals surface area contributed by atoms with Crippen LogP contribution in [-0.2, 0) is 0 Å². The van der Waals surface area contributed by atoms with Gasteiger partial charge in [-0.25, -0.2) is 0 Å². The fourth-order valence-corrected chi connectivity index (χ4v) is 3.05. The molecule has 0 saturated carbocycles. The van der Waals surface area contributed by atoms with E-state index in [4.69, 9.17) is 0 Å². The van der Waals surface area contributed by atoms with Crippen molar-refractivity contribution in [2.75, 3.05) is 11.1 Å². The maximum absolute atomic E-state index is 3.45. The zero-order valence-corrected chi connectivity index (χ0v) is 10.9. The van der Waals surface area contributed by atoms with E-state index in [1.165, 1.54) is 27.8 Å². The molecule has 2 rings (SSSR count). The molecule has 2 aromatic carbocycles. The number of benzene rings is 2. The van der Waals surface area contributed by atoms with Crippen molar-refractivity contribution >= 4 is 38.5 Å². The zero-order valence-electron chi connectivity index (χ0n) is 8.45. The highest BCUT2D eigenvalue weighted by Gasteiger charge is 1.96. The highest BCUT2D eigenvalue weighted by molar-refractivity contribution is 9.09. The number of hydrogen-bond donors (Lipinski definition) is 0. The topological polar surface area (TPSA) is 0 Å². The number of thioether (sulfide) groups is 1. The summed E-state index contributed by atoms with van der Waals surface area (Å²) >= 11 is 5.38. The Labute approximate surface area is 103 Å². The van der Waals surface area contributed by atoms with E-state index in [0.717, 1.165) is 5.33 Å². The summed E-state index contributed by atoms with van der Waals surface area (Å²) in [6.07, 6.45) is 1.22. The average Bonchev–Trinajstić information content (AvgIpc) is 2.29. The van der Waals surface area contributed by atoms with Crippen LogP contribution in [0.3, 0.4) is 0 Å². The Morgan fingerprint density at radius 3 is 2.60 bits per heavy atom. The highest BCUT2D eigenvalue weighted by atomic mass is 79.9. The maximum Gasteiger partial charge on any atom is 0.00783 e. The second kappa shape index (κ2) is 5.57. The van der Waals surface area contributed by atoms with Crippen LogP contribution in [0.15, 0.2) is 47.4 Å². The van der Waals surface area contributed by atoms with Gasteiger partial charge in [0.15, 0.2) is 0 Å². The van der Waals surface area contributed by atoms with Gasteiger partial charge in [-0.3, -0.25) is 0 Å². The monoisotopic (exact) mass is 280 g/mol. The predicted octanol–water partition coefficient (Wildman–Crippen LogP) is 4.72. The first-order chi connectivity index (χ1) is 7.40. The molecule has 0 aromatic heterocycles. The molecule has 0 fully saturated rings. The summed E-state index contributed by atoms with van der Waals surface area (Å²) in [7, 11) is 0. The minimum absolute atomic E-state index is 1.09. The molecule has 0 N–H and O–H groups in total. The third-order valence-corrected chi connectivity index (χ3v) is 3.91. The summed E-state index contributed by atoms with van der Waals surface area (Å²) in [5, 5.41) is 3.75. The molecule has 0 aliphatic carbocycles. The Morgan fingerprint density at radius 2 is 1.80 bits per heavy atom. The predicted molar refractivity (Wildman–Crippen MR) is 73.1 cm³/mol. The van der Waals surface area contributed by atoms with Gasteiger partial charge < -0.3 is 0 Å². The summed E-state index contributed by atoms with van der Waals surface area (Å²) in [6, 6.07) is 15.2. The van der Waals surface area contributed by atoms with Gasteiger partial charge in [-0.15, -0.1) is 11.8 Å². The molecule has 2 heteroatoms. The molecule has 0 saturated heterocycles. The lowest BCUT2D eigenvalue weighted by Gasteiger charge is -2.02. The molecule has 0 atom stereocenters. The van der Waals surface area contributed by atoms with Gasteiger partial charge in [0.05, 0.1) is 0 Å².